The van der Waals surface area contributed by atoms with Crippen molar-refractivity contribution in [3.8, 4) is 0 Å². The summed E-state index contributed by atoms with van der Waals surface area (Å²) in [7, 11) is -0.676. The van der Waals surface area contributed by atoms with Crippen molar-refractivity contribution in [3.05, 3.63) is 17.0 Å². The van der Waals surface area contributed by atoms with Crippen LogP contribution in [0.2, 0.25) is 5.15 Å². The second-order valence-electron chi connectivity index (χ2n) is 3.56. The summed E-state index contributed by atoms with van der Waals surface area (Å²) in [4.78, 5) is 8.20. The maximum Gasteiger partial charge on any atom is 0.134 e. The normalized spacial score (nSPS) is 25.5. The van der Waals surface area contributed by atoms with Crippen molar-refractivity contribution in [2.45, 2.75) is 19.4 Å². The van der Waals surface area contributed by atoms with Gasteiger partial charge >= 0.3 is 0 Å². The monoisotopic (exact) mass is 245 g/mol. The Balaban J connectivity index is 2.07. The average Bonchev–Trinajstić information content (AvgIpc) is 2.49. The smallest absolute Gasteiger partial charge is 0.134 e. The minimum Gasteiger partial charge on any atom is -0.366 e. The zero-order valence-electron chi connectivity index (χ0n) is 8.36. The Bertz CT molecular complexity index is 379. The molecule has 2 atom stereocenters. The molecule has 4 nitrogen and oxygen atoms in total. The van der Waals surface area contributed by atoms with E-state index in [-0.39, 0.29) is 6.04 Å². The van der Waals surface area contributed by atoms with E-state index in [0.29, 0.717) is 16.7 Å². The van der Waals surface area contributed by atoms with Gasteiger partial charge in [-0.2, -0.15) is 0 Å². The molecule has 1 aromatic heterocycles. The minimum absolute atomic E-state index is 0.246. The Hall–Kier alpha value is -0.680. The average molecular weight is 246 g/mol. The van der Waals surface area contributed by atoms with Crippen LogP contribution in [0.4, 0.5) is 5.82 Å². The summed E-state index contributed by atoms with van der Waals surface area (Å²) in [6, 6.07) is 1.94. The van der Waals surface area contributed by atoms with Crippen molar-refractivity contribution in [2.24, 2.45) is 0 Å². The highest BCUT2D eigenvalue weighted by Crippen LogP contribution is 2.16. The van der Waals surface area contributed by atoms with Crippen molar-refractivity contribution in [3.63, 3.8) is 0 Å². The lowest BCUT2D eigenvalue weighted by atomic mass is 10.2. The molecule has 1 saturated heterocycles. The van der Waals surface area contributed by atoms with Gasteiger partial charge in [-0.1, -0.05) is 11.6 Å². The number of rotatable bonds is 2. The molecule has 82 valence electrons. The van der Waals surface area contributed by atoms with Crippen molar-refractivity contribution >= 4 is 28.2 Å². The fourth-order valence-electron chi connectivity index (χ4n) is 1.59. The van der Waals surface area contributed by atoms with E-state index < -0.39 is 10.8 Å². The number of hydrogen-bond acceptors (Lipinski definition) is 4. The molecule has 6 heteroatoms. The summed E-state index contributed by atoms with van der Waals surface area (Å²) in [5.74, 6) is 2.83. The van der Waals surface area contributed by atoms with Crippen LogP contribution in [0.25, 0.3) is 0 Å². The first-order valence-corrected chi connectivity index (χ1v) is 6.63. The van der Waals surface area contributed by atoms with E-state index in [4.69, 9.17) is 11.6 Å². The highest BCUT2D eigenvalue weighted by Gasteiger charge is 2.21. The van der Waals surface area contributed by atoms with Crippen LogP contribution in [-0.2, 0) is 10.8 Å². The molecule has 0 unspecified atom stereocenters. The Morgan fingerprint density at radius 3 is 3.00 bits per heavy atom. The molecule has 1 fully saturated rings. The van der Waals surface area contributed by atoms with E-state index >= 15 is 0 Å². The summed E-state index contributed by atoms with van der Waals surface area (Å²) in [6.07, 6.45) is 0.924. The van der Waals surface area contributed by atoms with Gasteiger partial charge < -0.3 is 5.32 Å². The lowest BCUT2D eigenvalue weighted by Crippen LogP contribution is -2.20. The van der Waals surface area contributed by atoms with Gasteiger partial charge in [0, 0.05) is 34.4 Å². The van der Waals surface area contributed by atoms with Crippen molar-refractivity contribution < 1.29 is 4.21 Å². The number of anilines is 1. The van der Waals surface area contributed by atoms with Gasteiger partial charge in [-0.25, -0.2) is 9.97 Å². The number of aryl methyl sites for hydroxylation is 1. The Morgan fingerprint density at radius 2 is 2.40 bits per heavy atom. The first-order chi connectivity index (χ1) is 7.13. The minimum atomic E-state index is -0.676. The largest absolute Gasteiger partial charge is 0.366 e. The SMILES string of the molecule is Cc1nc(Cl)cc(N[C@H]2CC[S@@](=O)C2)n1. The van der Waals surface area contributed by atoms with Gasteiger partial charge in [0.1, 0.15) is 16.8 Å². The lowest BCUT2D eigenvalue weighted by Gasteiger charge is -2.11. The predicted octanol–water partition coefficient (Wildman–Crippen LogP) is 1.37. The molecule has 0 saturated carbocycles. The Morgan fingerprint density at radius 1 is 1.60 bits per heavy atom. The highest BCUT2D eigenvalue weighted by molar-refractivity contribution is 7.85. The van der Waals surface area contributed by atoms with E-state index in [9.17, 15) is 4.21 Å². The van der Waals surface area contributed by atoms with Gasteiger partial charge in [-0.05, 0) is 13.3 Å². The van der Waals surface area contributed by atoms with Crippen molar-refractivity contribution in [1.82, 2.24) is 9.97 Å². The van der Waals surface area contributed by atoms with Gasteiger partial charge in [-0.15, -0.1) is 0 Å². The van der Waals surface area contributed by atoms with Crippen LogP contribution in [-0.4, -0.2) is 31.7 Å². The van der Waals surface area contributed by atoms with Gasteiger partial charge in [0.15, 0.2) is 0 Å². The zero-order chi connectivity index (χ0) is 10.8. The van der Waals surface area contributed by atoms with E-state index in [1.165, 1.54) is 0 Å². The predicted molar refractivity (Wildman–Crippen MR) is 61.7 cm³/mol. The van der Waals surface area contributed by atoms with Crippen LogP contribution in [0.1, 0.15) is 12.2 Å². The van der Waals surface area contributed by atoms with Crippen LogP contribution >= 0.6 is 11.6 Å². The molecule has 1 aliphatic heterocycles. The third kappa shape index (κ3) is 2.89. The molecule has 0 aliphatic carbocycles. The summed E-state index contributed by atoms with van der Waals surface area (Å²) >= 11 is 5.81. The lowest BCUT2D eigenvalue weighted by molar-refractivity contribution is 0.686. The molecule has 1 N–H and O–H groups in total. The fourth-order valence-corrected chi connectivity index (χ4v) is 3.23. The maximum atomic E-state index is 11.2. The Labute approximate surface area is 95.9 Å². The quantitative estimate of drug-likeness (QED) is 0.800. The van der Waals surface area contributed by atoms with Gasteiger partial charge in [0.05, 0.1) is 0 Å². The molecule has 0 radical (unpaired) electrons. The first kappa shape index (κ1) is 10.8. The highest BCUT2D eigenvalue weighted by atomic mass is 35.5. The fraction of sp³-hybridized carbons (Fsp3) is 0.556. The molecular weight excluding hydrogens is 234 g/mol. The van der Waals surface area contributed by atoms with E-state index in [2.05, 4.69) is 15.3 Å². The van der Waals surface area contributed by atoms with Gasteiger partial charge in [0.25, 0.3) is 0 Å². The third-order valence-electron chi connectivity index (χ3n) is 2.24. The molecule has 0 spiro atoms. The number of aromatic nitrogens is 2. The second-order valence-corrected chi connectivity index (χ2v) is 5.57. The van der Waals surface area contributed by atoms with Crippen LogP contribution in [0.5, 0.6) is 0 Å². The second kappa shape index (κ2) is 4.45. The molecular formula is C9H12ClN3OS. The zero-order valence-corrected chi connectivity index (χ0v) is 9.94. The third-order valence-corrected chi connectivity index (χ3v) is 3.90. The van der Waals surface area contributed by atoms with Crippen molar-refractivity contribution in [1.29, 1.82) is 0 Å². The van der Waals surface area contributed by atoms with Crippen LogP contribution in [0.3, 0.4) is 0 Å². The molecule has 2 heterocycles. The van der Waals surface area contributed by atoms with Crippen molar-refractivity contribution in [2.75, 3.05) is 16.8 Å². The summed E-state index contributed by atoms with van der Waals surface area (Å²) < 4.78 is 11.2. The van der Waals surface area contributed by atoms with Gasteiger partial charge in [0.2, 0.25) is 0 Å². The summed E-state index contributed by atoms with van der Waals surface area (Å²) in [6.45, 7) is 1.80. The Kier molecular flexibility index (Phi) is 3.21. The van der Waals surface area contributed by atoms with E-state index in [0.717, 1.165) is 18.0 Å². The van der Waals surface area contributed by atoms with Crippen LogP contribution < -0.4 is 5.32 Å². The van der Waals surface area contributed by atoms with Gasteiger partial charge in [-0.3, -0.25) is 4.21 Å². The number of hydrogen-bond donors (Lipinski definition) is 1. The summed E-state index contributed by atoms with van der Waals surface area (Å²) in [5, 5.41) is 3.66. The molecule has 15 heavy (non-hydrogen) atoms. The van der Waals surface area contributed by atoms with Crippen LogP contribution in [0.15, 0.2) is 6.07 Å². The van der Waals surface area contributed by atoms with Crippen LogP contribution in [0, 0.1) is 6.92 Å². The first-order valence-electron chi connectivity index (χ1n) is 4.76. The maximum absolute atomic E-state index is 11.2. The molecule has 0 amide bonds. The van der Waals surface area contributed by atoms with E-state index in [1.807, 2.05) is 0 Å². The summed E-state index contributed by atoms with van der Waals surface area (Å²) in [5.41, 5.74) is 0. The molecule has 2 rings (SSSR count). The molecule has 0 bridgehead atoms. The number of halogens is 1. The molecule has 0 aromatic carbocycles. The topological polar surface area (TPSA) is 54.9 Å². The standard InChI is InChI=1S/C9H12ClN3OS/c1-6-11-8(10)4-9(12-6)13-7-2-3-15(14)5-7/h4,7H,2-3,5H2,1H3,(H,11,12,13)/t7-,15+/m0/s1. The number of nitrogens with zero attached hydrogens (tertiary/aromatic N) is 2. The number of nitrogens with one attached hydrogen (secondary N) is 1. The molecule has 1 aliphatic rings. The van der Waals surface area contributed by atoms with E-state index in [1.54, 1.807) is 13.0 Å². The molecule has 1 aromatic rings.